The van der Waals surface area contributed by atoms with Gasteiger partial charge in [0.2, 0.25) is 0 Å². The number of para-hydroxylation sites is 1. The van der Waals surface area contributed by atoms with E-state index in [1.165, 1.54) is 0 Å². The quantitative estimate of drug-likeness (QED) is 0.890. The maximum Gasteiger partial charge on any atom is 0.315 e. The Morgan fingerprint density at radius 3 is 2.43 bits per heavy atom. The molecule has 0 saturated heterocycles. The lowest BCUT2D eigenvalue weighted by Gasteiger charge is -2.10. The van der Waals surface area contributed by atoms with Crippen LogP contribution in [0.3, 0.4) is 0 Å². The Kier molecular flexibility index (Phi) is 5.46. The summed E-state index contributed by atoms with van der Waals surface area (Å²) in [5.41, 5.74) is 1.92. The smallest absolute Gasteiger partial charge is 0.315 e. The highest BCUT2D eigenvalue weighted by atomic mass is 35.5. The van der Waals surface area contributed by atoms with E-state index in [2.05, 4.69) is 10.6 Å². The van der Waals surface area contributed by atoms with Crippen LogP contribution in [0.2, 0.25) is 5.02 Å². The fourth-order valence-corrected chi connectivity index (χ4v) is 2.00. The van der Waals surface area contributed by atoms with Crippen LogP contribution in [0.15, 0.2) is 48.5 Å². The fraction of sp³-hybridized carbons (Fsp3) is 0.188. The summed E-state index contributed by atoms with van der Waals surface area (Å²) >= 11 is 5.81. The van der Waals surface area contributed by atoms with Crippen LogP contribution in [0, 0.1) is 0 Å². The van der Waals surface area contributed by atoms with E-state index in [0.717, 1.165) is 16.9 Å². The number of methoxy groups -OCH3 is 1. The minimum atomic E-state index is -0.226. The summed E-state index contributed by atoms with van der Waals surface area (Å²) in [7, 11) is 1.61. The van der Waals surface area contributed by atoms with Crippen LogP contribution in [0.25, 0.3) is 0 Å². The van der Waals surface area contributed by atoms with E-state index in [-0.39, 0.29) is 6.03 Å². The van der Waals surface area contributed by atoms with E-state index in [0.29, 0.717) is 18.1 Å². The number of carbonyl (C=O) groups excluding carboxylic acids is 1. The summed E-state index contributed by atoms with van der Waals surface area (Å²) in [5.74, 6) is 0.760. The van der Waals surface area contributed by atoms with Crippen molar-refractivity contribution in [1.29, 1.82) is 0 Å². The first-order chi connectivity index (χ1) is 10.2. The molecule has 110 valence electrons. The lowest BCUT2D eigenvalue weighted by Crippen LogP contribution is -2.34. The molecule has 2 rings (SSSR count). The minimum absolute atomic E-state index is 0.226. The summed E-state index contributed by atoms with van der Waals surface area (Å²) in [6.07, 6.45) is 0. The highest BCUT2D eigenvalue weighted by Crippen LogP contribution is 2.16. The molecule has 0 bridgehead atoms. The molecule has 2 amide bonds. The first-order valence-electron chi connectivity index (χ1n) is 6.57. The molecule has 0 saturated carbocycles. The van der Waals surface area contributed by atoms with Crippen molar-refractivity contribution in [1.82, 2.24) is 10.6 Å². The predicted molar refractivity (Wildman–Crippen MR) is 83.5 cm³/mol. The molecule has 0 unspecified atom stereocenters. The molecule has 0 aliphatic carbocycles. The molecule has 0 aliphatic rings. The van der Waals surface area contributed by atoms with Gasteiger partial charge in [0.25, 0.3) is 0 Å². The minimum Gasteiger partial charge on any atom is -0.496 e. The van der Waals surface area contributed by atoms with Gasteiger partial charge in [0.05, 0.1) is 7.11 Å². The van der Waals surface area contributed by atoms with Gasteiger partial charge in [0.1, 0.15) is 5.75 Å². The molecule has 4 nitrogen and oxygen atoms in total. The van der Waals surface area contributed by atoms with E-state index in [4.69, 9.17) is 16.3 Å². The maximum atomic E-state index is 11.8. The molecule has 0 fully saturated rings. The number of nitrogens with one attached hydrogen (secondary N) is 2. The van der Waals surface area contributed by atoms with Crippen molar-refractivity contribution >= 4 is 17.6 Å². The molecule has 0 atom stereocenters. The second-order valence-corrected chi connectivity index (χ2v) is 4.91. The number of hydrogen-bond donors (Lipinski definition) is 2. The maximum absolute atomic E-state index is 11.8. The topological polar surface area (TPSA) is 50.4 Å². The lowest BCUT2D eigenvalue weighted by atomic mass is 10.2. The van der Waals surface area contributed by atoms with Crippen molar-refractivity contribution in [3.8, 4) is 5.75 Å². The molecular formula is C16H17ClN2O2. The third-order valence-electron chi connectivity index (χ3n) is 3.00. The molecule has 2 aromatic rings. The van der Waals surface area contributed by atoms with Gasteiger partial charge in [-0.2, -0.15) is 0 Å². The van der Waals surface area contributed by atoms with E-state index >= 15 is 0 Å². The van der Waals surface area contributed by atoms with Crippen molar-refractivity contribution in [2.75, 3.05) is 7.11 Å². The van der Waals surface area contributed by atoms with E-state index in [1.54, 1.807) is 19.2 Å². The van der Waals surface area contributed by atoms with Crippen LogP contribution in [0.5, 0.6) is 5.75 Å². The normalized spacial score (nSPS) is 10.0. The summed E-state index contributed by atoms with van der Waals surface area (Å²) in [4.78, 5) is 11.8. The summed E-state index contributed by atoms with van der Waals surface area (Å²) < 4.78 is 5.23. The number of carbonyl (C=O) groups is 1. The first kappa shape index (κ1) is 15.2. The number of halogens is 1. The predicted octanol–water partition coefficient (Wildman–Crippen LogP) is 3.35. The number of benzene rings is 2. The van der Waals surface area contributed by atoms with Gasteiger partial charge >= 0.3 is 6.03 Å². The molecule has 0 aromatic heterocycles. The number of rotatable bonds is 5. The Morgan fingerprint density at radius 1 is 1.05 bits per heavy atom. The number of ether oxygens (including phenoxy) is 1. The average Bonchev–Trinajstić information content (AvgIpc) is 2.52. The number of urea groups is 1. The van der Waals surface area contributed by atoms with Crippen molar-refractivity contribution in [3.63, 3.8) is 0 Å². The fourth-order valence-electron chi connectivity index (χ4n) is 1.87. The van der Waals surface area contributed by atoms with Crippen molar-refractivity contribution in [2.24, 2.45) is 0 Å². The zero-order valence-electron chi connectivity index (χ0n) is 11.7. The van der Waals surface area contributed by atoms with E-state index in [9.17, 15) is 4.79 Å². The van der Waals surface area contributed by atoms with Crippen LogP contribution in [-0.2, 0) is 13.1 Å². The van der Waals surface area contributed by atoms with Crippen molar-refractivity contribution in [3.05, 3.63) is 64.7 Å². The summed E-state index contributed by atoms with van der Waals surface area (Å²) in [5, 5.41) is 6.27. The zero-order valence-corrected chi connectivity index (χ0v) is 12.5. The van der Waals surface area contributed by atoms with E-state index in [1.807, 2.05) is 36.4 Å². The van der Waals surface area contributed by atoms with Crippen molar-refractivity contribution < 1.29 is 9.53 Å². The van der Waals surface area contributed by atoms with E-state index < -0.39 is 0 Å². The molecule has 21 heavy (non-hydrogen) atoms. The summed E-state index contributed by atoms with van der Waals surface area (Å²) in [6.45, 7) is 0.866. The molecule has 0 spiro atoms. The lowest BCUT2D eigenvalue weighted by molar-refractivity contribution is 0.240. The molecule has 2 N–H and O–H groups in total. The number of hydrogen-bond acceptors (Lipinski definition) is 2. The molecule has 0 heterocycles. The second-order valence-electron chi connectivity index (χ2n) is 4.47. The summed E-state index contributed by atoms with van der Waals surface area (Å²) in [6, 6.07) is 14.7. The third kappa shape index (κ3) is 4.68. The van der Waals surface area contributed by atoms with Crippen molar-refractivity contribution in [2.45, 2.75) is 13.1 Å². The van der Waals surface area contributed by atoms with Crippen LogP contribution in [-0.4, -0.2) is 13.1 Å². The van der Waals surface area contributed by atoms with Gasteiger partial charge in [0.15, 0.2) is 0 Å². The van der Waals surface area contributed by atoms with Gasteiger partial charge in [-0.15, -0.1) is 0 Å². The molecule has 2 aromatic carbocycles. The van der Waals surface area contributed by atoms with Crippen LogP contribution >= 0.6 is 11.6 Å². The largest absolute Gasteiger partial charge is 0.496 e. The highest BCUT2D eigenvalue weighted by Gasteiger charge is 2.04. The molecule has 5 heteroatoms. The Labute approximate surface area is 129 Å². The van der Waals surface area contributed by atoms with Crippen LogP contribution < -0.4 is 15.4 Å². The Morgan fingerprint density at radius 2 is 1.71 bits per heavy atom. The van der Waals surface area contributed by atoms with Gasteiger partial charge in [0, 0.05) is 23.7 Å². The van der Waals surface area contributed by atoms with Gasteiger partial charge in [-0.3, -0.25) is 0 Å². The molecule has 0 aliphatic heterocycles. The SMILES string of the molecule is COc1ccccc1CNC(=O)NCc1ccc(Cl)cc1. The Bertz CT molecular complexity index is 599. The highest BCUT2D eigenvalue weighted by molar-refractivity contribution is 6.30. The Balaban J connectivity index is 1.81. The third-order valence-corrected chi connectivity index (χ3v) is 3.25. The van der Waals surface area contributed by atoms with Gasteiger partial charge in [-0.25, -0.2) is 4.79 Å². The zero-order chi connectivity index (χ0) is 15.1. The average molecular weight is 305 g/mol. The molecular weight excluding hydrogens is 288 g/mol. The van der Waals surface area contributed by atoms with Gasteiger partial charge in [-0.05, 0) is 23.8 Å². The standard InChI is InChI=1S/C16H17ClN2O2/c1-21-15-5-3-2-4-13(15)11-19-16(20)18-10-12-6-8-14(17)9-7-12/h2-9H,10-11H2,1H3,(H2,18,19,20). The molecule has 0 radical (unpaired) electrons. The van der Waals surface area contributed by atoms with Crippen LogP contribution in [0.4, 0.5) is 4.79 Å². The first-order valence-corrected chi connectivity index (χ1v) is 6.95. The van der Waals surface area contributed by atoms with Gasteiger partial charge in [-0.1, -0.05) is 41.9 Å². The second kappa shape index (κ2) is 7.55. The number of amides is 2. The van der Waals surface area contributed by atoms with Crippen LogP contribution in [0.1, 0.15) is 11.1 Å². The Hall–Kier alpha value is -2.20. The van der Waals surface area contributed by atoms with Gasteiger partial charge < -0.3 is 15.4 Å². The monoisotopic (exact) mass is 304 g/mol.